The Morgan fingerprint density at radius 2 is 0.887 bits per heavy atom. The highest BCUT2D eigenvalue weighted by atomic mass is 15.1. The number of rotatable bonds is 4. The lowest BCUT2D eigenvalue weighted by Gasteiger charge is -2.29. The van der Waals surface area contributed by atoms with Crippen LogP contribution in [0.15, 0.2) is 164 Å². The number of nitrogens with zero attached hydrogens (tertiary/aromatic N) is 1. The number of hydrogen-bond donors (Lipinski definition) is 0. The Balaban J connectivity index is 1.04. The van der Waals surface area contributed by atoms with Crippen LogP contribution in [0, 0.1) is 0 Å². The first-order valence-corrected chi connectivity index (χ1v) is 18.8. The highest BCUT2D eigenvalue weighted by Crippen LogP contribution is 2.54. The average molecular weight is 678 g/mol. The summed E-state index contributed by atoms with van der Waals surface area (Å²) in [6, 6.07) is 61.5. The molecular formula is C52H39N. The fraction of sp³-hybridized carbons (Fsp3) is 0.115. The topological polar surface area (TPSA) is 3.24 Å². The van der Waals surface area contributed by atoms with Crippen LogP contribution in [0.4, 0.5) is 17.1 Å². The molecule has 11 rings (SSSR count). The zero-order valence-corrected chi connectivity index (χ0v) is 30.5. The first-order chi connectivity index (χ1) is 25.8. The van der Waals surface area contributed by atoms with E-state index in [0.717, 1.165) is 5.69 Å². The Morgan fingerprint density at radius 1 is 0.358 bits per heavy atom. The van der Waals surface area contributed by atoms with Crippen molar-refractivity contribution in [1.29, 1.82) is 0 Å². The molecule has 0 aromatic heterocycles. The summed E-state index contributed by atoms with van der Waals surface area (Å²) >= 11 is 0. The molecule has 0 fully saturated rings. The monoisotopic (exact) mass is 677 g/mol. The summed E-state index contributed by atoms with van der Waals surface area (Å²) in [4.78, 5) is 2.46. The van der Waals surface area contributed by atoms with Gasteiger partial charge in [0, 0.05) is 27.6 Å². The minimum atomic E-state index is -0.173. The Kier molecular flexibility index (Phi) is 6.14. The van der Waals surface area contributed by atoms with E-state index in [-0.39, 0.29) is 10.8 Å². The molecule has 252 valence electrons. The van der Waals surface area contributed by atoms with Crippen molar-refractivity contribution in [2.45, 2.75) is 38.5 Å². The summed E-state index contributed by atoms with van der Waals surface area (Å²) in [5, 5.41) is 7.79. The van der Waals surface area contributed by atoms with Crippen LogP contribution in [-0.2, 0) is 10.8 Å². The molecule has 2 aliphatic rings. The summed E-state index contributed by atoms with van der Waals surface area (Å²) in [6.07, 6.45) is 0. The van der Waals surface area contributed by atoms with Gasteiger partial charge in [-0.2, -0.15) is 0 Å². The van der Waals surface area contributed by atoms with Crippen LogP contribution in [0.3, 0.4) is 0 Å². The smallest absolute Gasteiger partial charge is 0.0540 e. The fourth-order valence-electron chi connectivity index (χ4n) is 9.85. The Hall–Kier alpha value is -6.18. The predicted octanol–water partition coefficient (Wildman–Crippen LogP) is 14.3. The van der Waals surface area contributed by atoms with E-state index in [9.17, 15) is 0 Å². The zero-order valence-electron chi connectivity index (χ0n) is 30.5. The maximum absolute atomic E-state index is 2.46. The number of para-hydroxylation sites is 1. The highest BCUT2D eigenvalue weighted by molar-refractivity contribution is 6.25. The molecule has 0 bridgehead atoms. The van der Waals surface area contributed by atoms with Crippen molar-refractivity contribution < 1.29 is 0 Å². The summed E-state index contributed by atoms with van der Waals surface area (Å²) in [5.41, 5.74) is 16.9. The van der Waals surface area contributed by atoms with Crippen LogP contribution in [0.25, 0.3) is 65.7 Å². The van der Waals surface area contributed by atoms with Gasteiger partial charge in [0.25, 0.3) is 0 Å². The summed E-state index contributed by atoms with van der Waals surface area (Å²) in [6.45, 7) is 9.53. The van der Waals surface area contributed by atoms with Gasteiger partial charge >= 0.3 is 0 Å². The van der Waals surface area contributed by atoms with Crippen molar-refractivity contribution in [1.82, 2.24) is 0 Å². The maximum atomic E-state index is 2.46. The second-order valence-corrected chi connectivity index (χ2v) is 16.2. The van der Waals surface area contributed by atoms with Crippen molar-refractivity contribution in [3.8, 4) is 33.4 Å². The maximum Gasteiger partial charge on any atom is 0.0540 e. The number of anilines is 3. The van der Waals surface area contributed by atoms with Crippen molar-refractivity contribution in [2.24, 2.45) is 0 Å². The third-order valence-corrected chi connectivity index (χ3v) is 12.6. The molecule has 0 N–H and O–H groups in total. The van der Waals surface area contributed by atoms with Gasteiger partial charge in [-0.3, -0.25) is 0 Å². The molecule has 0 saturated heterocycles. The van der Waals surface area contributed by atoms with E-state index in [1.54, 1.807) is 0 Å². The number of benzene rings is 9. The first kappa shape index (κ1) is 30.4. The quantitative estimate of drug-likeness (QED) is 0.168. The van der Waals surface area contributed by atoms with Crippen LogP contribution in [0.5, 0.6) is 0 Å². The molecule has 9 aromatic carbocycles. The lowest BCUT2D eigenvalue weighted by Crippen LogP contribution is -2.17. The molecule has 0 spiro atoms. The summed E-state index contributed by atoms with van der Waals surface area (Å²) in [5.74, 6) is 0. The van der Waals surface area contributed by atoms with E-state index >= 15 is 0 Å². The van der Waals surface area contributed by atoms with Gasteiger partial charge in [0.15, 0.2) is 0 Å². The van der Waals surface area contributed by atoms with E-state index in [2.05, 4.69) is 196 Å². The zero-order chi connectivity index (χ0) is 35.6. The molecule has 1 nitrogen and oxygen atoms in total. The van der Waals surface area contributed by atoms with Crippen molar-refractivity contribution >= 4 is 49.4 Å². The second-order valence-electron chi connectivity index (χ2n) is 16.2. The Bertz CT molecular complexity index is 2930. The van der Waals surface area contributed by atoms with Crippen molar-refractivity contribution in [3.63, 3.8) is 0 Å². The predicted molar refractivity (Wildman–Crippen MR) is 225 cm³/mol. The fourth-order valence-corrected chi connectivity index (χ4v) is 9.85. The normalized spacial score (nSPS) is 14.7. The molecule has 0 unspecified atom stereocenters. The van der Waals surface area contributed by atoms with Gasteiger partial charge < -0.3 is 4.90 Å². The second kappa shape index (κ2) is 10.7. The molecule has 53 heavy (non-hydrogen) atoms. The Morgan fingerprint density at radius 3 is 1.58 bits per heavy atom. The van der Waals surface area contributed by atoms with Gasteiger partial charge in [0.1, 0.15) is 0 Å². The summed E-state index contributed by atoms with van der Waals surface area (Å²) < 4.78 is 0. The lowest BCUT2D eigenvalue weighted by molar-refractivity contribution is 0.659. The molecule has 0 amide bonds. The van der Waals surface area contributed by atoms with Gasteiger partial charge in [-0.1, -0.05) is 149 Å². The van der Waals surface area contributed by atoms with Crippen molar-refractivity contribution in [3.05, 3.63) is 186 Å². The van der Waals surface area contributed by atoms with E-state index in [1.807, 2.05) is 0 Å². The van der Waals surface area contributed by atoms with E-state index in [1.165, 1.54) is 99.3 Å². The molecule has 9 aromatic rings. The van der Waals surface area contributed by atoms with E-state index in [4.69, 9.17) is 0 Å². The van der Waals surface area contributed by atoms with Gasteiger partial charge in [0.2, 0.25) is 0 Å². The SMILES string of the molecule is CC1(C)c2ccccc2-c2ccc(-c3ccc4c(c3)C(C)(C)c3cc(N(c5ccccc5)c5ccc6ccc7cccc8ccc5c6c78)ccc3-4)cc21. The molecular weight excluding hydrogens is 639 g/mol. The van der Waals surface area contributed by atoms with Crippen LogP contribution >= 0.6 is 0 Å². The van der Waals surface area contributed by atoms with Gasteiger partial charge in [0.05, 0.1) is 5.69 Å². The standard InChI is InChI=1S/C52H39N/c1-51(2)44-16-9-8-15-39(44)40-24-20-35(29-45(40)51)36-21-25-41-42-27-23-38(31-47(42)52(3,4)46(41)30-36)53(37-13-6-5-7-14-37)48-28-22-34-18-17-32-11-10-12-33-19-26-43(48)50(34)49(32)33/h5-31H,1-4H3. The lowest BCUT2D eigenvalue weighted by atomic mass is 9.80. The van der Waals surface area contributed by atoms with Crippen LogP contribution in [0.1, 0.15) is 49.9 Å². The third-order valence-electron chi connectivity index (χ3n) is 12.6. The molecule has 0 radical (unpaired) electrons. The Labute approximate surface area is 311 Å². The van der Waals surface area contributed by atoms with Gasteiger partial charge in [-0.05, 0) is 125 Å². The molecule has 0 heterocycles. The number of hydrogen-bond acceptors (Lipinski definition) is 1. The largest absolute Gasteiger partial charge is 0.310 e. The summed E-state index contributed by atoms with van der Waals surface area (Å²) in [7, 11) is 0. The van der Waals surface area contributed by atoms with Gasteiger partial charge in [-0.25, -0.2) is 0 Å². The minimum Gasteiger partial charge on any atom is -0.310 e. The highest BCUT2D eigenvalue weighted by Gasteiger charge is 2.38. The molecule has 0 aliphatic heterocycles. The molecule has 0 atom stereocenters. The molecule has 1 heteroatoms. The van der Waals surface area contributed by atoms with Crippen LogP contribution < -0.4 is 4.90 Å². The molecule has 0 saturated carbocycles. The van der Waals surface area contributed by atoms with Gasteiger partial charge in [-0.15, -0.1) is 0 Å². The third kappa shape index (κ3) is 4.20. The van der Waals surface area contributed by atoms with E-state index in [0.29, 0.717) is 0 Å². The van der Waals surface area contributed by atoms with Crippen LogP contribution in [0.2, 0.25) is 0 Å². The minimum absolute atomic E-state index is 0.0239. The average Bonchev–Trinajstić information content (AvgIpc) is 3.56. The van der Waals surface area contributed by atoms with Crippen molar-refractivity contribution in [2.75, 3.05) is 4.90 Å². The molecule has 2 aliphatic carbocycles. The van der Waals surface area contributed by atoms with E-state index < -0.39 is 0 Å². The van der Waals surface area contributed by atoms with Crippen LogP contribution in [-0.4, -0.2) is 0 Å². The number of fused-ring (bicyclic) bond motifs is 6. The first-order valence-electron chi connectivity index (χ1n) is 18.8.